The molecule has 2 amide bonds. The Morgan fingerprint density at radius 1 is 0.641 bits per heavy atom. The number of carbonyl (C=O) groups excluding carboxylic acids is 2. The third kappa shape index (κ3) is 12.0. The lowest BCUT2D eigenvalue weighted by atomic mass is 10.1. The minimum atomic E-state index is -0.588. The second-order valence-corrected chi connectivity index (χ2v) is 10.2. The average molecular weight is 645 g/mol. The molecule has 2 aromatic carbocycles. The smallest absolute Gasteiger partial charge is 0.309 e. The molecule has 0 radical (unpaired) electrons. The van der Waals surface area contributed by atoms with E-state index in [9.17, 15) is 9.59 Å². The maximum atomic E-state index is 12.5. The quantitative estimate of drug-likeness (QED) is 0.207. The summed E-state index contributed by atoms with van der Waals surface area (Å²) in [6.45, 7) is 16.1. The summed E-state index contributed by atoms with van der Waals surface area (Å²) in [6, 6.07) is 15.7. The Bertz CT molecular complexity index is 922. The number of nitrogens with one attached hydrogen (secondary N) is 2. The standard InChI is InChI=1S/C28H40Cl2N4O2.3ClH/c1-5-33(6-2,21-23-13-9-11-15-25(23)29)19-17-31-27(35)28(36)32-18-20-34(7-3,8-4)22-24-14-10-12-16-26(24)30;;;/h9-16H,5-8,17-22H2,1-4H3;3*1H. The highest BCUT2D eigenvalue weighted by molar-refractivity contribution is 6.35. The molecule has 39 heavy (non-hydrogen) atoms. The highest BCUT2D eigenvalue weighted by Gasteiger charge is 2.27. The van der Waals surface area contributed by atoms with Crippen molar-refractivity contribution < 1.29 is 43.4 Å². The minimum absolute atomic E-state index is 0. The SMILES string of the molecule is CC[N+](CC)(CCNC(=O)C(=O)NCC[N+](CC)(CC)Cc1ccccc1Cl)Cc1ccccc1Cl.Cl.[Cl-].[Cl-]. The molecule has 0 aliphatic heterocycles. The van der Waals surface area contributed by atoms with Crippen molar-refractivity contribution in [2.75, 3.05) is 52.4 Å². The molecule has 2 aromatic rings. The Labute approximate surface area is 263 Å². The first-order chi connectivity index (χ1) is 17.2. The molecule has 6 nitrogen and oxygen atoms in total. The van der Waals surface area contributed by atoms with Crippen LogP contribution in [-0.2, 0) is 22.7 Å². The number of carbonyl (C=O) groups is 2. The highest BCUT2D eigenvalue weighted by atomic mass is 35.5. The molecule has 0 spiro atoms. The van der Waals surface area contributed by atoms with Crippen molar-refractivity contribution in [3.8, 4) is 0 Å². The first kappa shape index (κ1) is 39.9. The molecule has 0 fully saturated rings. The van der Waals surface area contributed by atoms with Crippen LogP contribution in [0, 0.1) is 0 Å². The topological polar surface area (TPSA) is 58.2 Å². The van der Waals surface area contributed by atoms with Crippen molar-refractivity contribution in [1.29, 1.82) is 0 Å². The molecule has 2 rings (SSSR count). The largest absolute Gasteiger partial charge is 1.00 e. The van der Waals surface area contributed by atoms with Crippen LogP contribution in [0.2, 0.25) is 10.0 Å². The Balaban J connectivity index is 0. The van der Waals surface area contributed by atoms with Gasteiger partial charge in [0.05, 0.1) is 52.4 Å². The van der Waals surface area contributed by atoms with Crippen LogP contribution in [0.5, 0.6) is 0 Å². The first-order valence-corrected chi connectivity index (χ1v) is 13.7. The summed E-state index contributed by atoms with van der Waals surface area (Å²) in [7, 11) is 0. The van der Waals surface area contributed by atoms with Crippen molar-refractivity contribution in [2.45, 2.75) is 40.8 Å². The zero-order valence-corrected chi connectivity index (χ0v) is 27.2. The summed E-state index contributed by atoms with van der Waals surface area (Å²) in [5.41, 5.74) is 2.19. The average Bonchev–Trinajstić information content (AvgIpc) is 2.89. The molecular weight excluding hydrogens is 602 g/mol. The first-order valence-electron chi connectivity index (χ1n) is 13.0. The number of benzene rings is 2. The number of amides is 2. The van der Waals surface area contributed by atoms with Gasteiger partial charge in [-0.2, -0.15) is 0 Å². The number of halogens is 5. The van der Waals surface area contributed by atoms with Gasteiger partial charge in [0, 0.05) is 21.2 Å². The normalized spacial score (nSPS) is 10.9. The predicted molar refractivity (Wildman–Crippen MR) is 156 cm³/mol. The van der Waals surface area contributed by atoms with Crippen LogP contribution in [0.1, 0.15) is 38.8 Å². The molecule has 0 heterocycles. The van der Waals surface area contributed by atoms with Crippen molar-refractivity contribution in [2.24, 2.45) is 0 Å². The summed E-state index contributed by atoms with van der Waals surface area (Å²) in [6.07, 6.45) is 0. The number of hydrogen-bond acceptors (Lipinski definition) is 2. The molecule has 0 aromatic heterocycles. The maximum Gasteiger partial charge on any atom is 0.309 e. The van der Waals surface area contributed by atoms with Gasteiger partial charge in [0.15, 0.2) is 0 Å². The molecule has 0 aliphatic rings. The Hall–Kier alpha value is -1.25. The van der Waals surface area contributed by atoms with E-state index >= 15 is 0 Å². The molecule has 0 atom stereocenters. The van der Waals surface area contributed by atoms with E-state index in [1.165, 1.54) is 0 Å². The molecule has 0 bridgehead atoms. The van der Waals surface area contributed by atoms with E-state index in [1.807, 2.05) is 48.5 Å². The number of likely N-dealkylation sites (N-methyl/N-ethyl adjacent to an activating group) is 2. The lowest BCUT2D eigenvalue weighted by Gasteiger charge is -2.37. The van der Waals surface area contributed by atoms with Crippen LogP contribution < -0.4 is 35.4 Å². The third-order valence-electron chi connectivity index (χ3n) is 7.56. The summed E-state index contributed by atoms with van der Waals surface area (Å²) in [5, 5.41) is 7.13. The molecule has 0 saturated carbocycles. The monoisotopic (exact) mass is 642 g/mol. The van der Waals surface area contributed by atoms with Gasteiger partial charge in [0.2, 0.25) is 0 Å². The second-order valence-electron chi connectivity index (χ2n) is 9.41. The maximum absolute atomic E-state index is 12.5. The number of nitrogens with zero attached hydrogens (tertiary/aromatic N) is 2. The summed E-state index contributed by atoms with van der Waals surface area (Å²) in [5.74, 6) is -1.18. The molecule has 0 saturated heterocycles. The van der Waals surface area contributed by atoms with Gasteiger partial charge in [-0.3, -0.25) is 9.59 Å². The van der Waals surface area contributed by atoms with Crippen LogP contribution in [-0.4, -0.2) is 73.1 Å². The number of rotatable bonds is 14. The molecule has 222 valence electrons. The zero-order valence-electron chi connectivity index (χ0n) is 23.3. The zero-order chi connectivity index (χ0) is 26.6. The lowest BCUT2D eigenvalue weighted by Crippen LogP contribution is -3.00. The summed E-state index contributed by atoms with van der Waals surface area (Å²) < 4.78 is 1.56. The fraction of sp³-hybridized carbons (Fsp3) is 0.500. The predicted octanol–water partition coefficient (Wildman–Crippen LogP) is -0.931. The van der Waals surface area contributed by atoms with Crippen molar-refractivity contribution in [3.63, 3.8) is 0 Å². The Morgan fingerprint density at radius 2 is 0.949 bits per heavy atom. The highest BCUT2D eigenvalue weighted by Crippen LogP contribution is 2.22. The van der Waals surface area contributed by atoms with E-state index in [0.717, 1.165) is 82.5 Å². The third-order valence-corrected chi connectivity index (χ3v) is 8.30. The van der Waals surface area contributed by atoms with E-state index in [-0.39, 0.29) is 37.2 Å². The summed E-state index contributed by atoms with van der Waals surface area (Å²) >= 11 is 12.8. The number of hydrogen-bond donors (Lipinski definition) is 2. The Kier molecular flexibility index (Phi) is 20.2. The van der Waals surface area contributed by atoms with Gasteiger partial charge in [0.25, 0.3) is 0 Å². The molecule has 0 aliphatic carbocycles. The minimum Gasteiger partial charge on any atom is -1.00 e. The van der Waals surface area contributed by atoms with Crippen molar-refractivity contribution >= 4 is 47.4 Å². The van der Waals surface area contributed by atoms with Crippen LogP contribution in [0.4, 0.5) is 0 Å². The van der Waals surface area contributed by atoms with E-state index in [0.29, 0.717) is 13.1 Å². The van der Waals surface area contributed by atoms with Crippen LogP contribution >= 0.6 is 35.6 Å². The van der Waals surface area contributed by atoms with Gasteiger partial charge in [0.1, 0.15) is 13.1 Å². The number of quaternary nitrogens is 2. The molecule has 0 unspecified atom stereocenters. The van der Waals surface area contributed by atoms with E-state index in [4.69, 9.17) is 23.2 Å². The van der Waals surface area contributed by atoms with E-state index < -0.39 is 11.8 Å². The van der Waals surface area contributed by atoms with Gasteiger partial charge in [-0.05, 0) is 39.8 Å². The fourth-order valence-corrected chi connectivity index (χ4v) is 5.03. The van der Waals surface area contributed by atoms with Crippen LogP contribution in [0.3, 0.4) is 0 Å². The molecule has 2 N–H and O–H groups in total. The second kappa shape index (κ2) is 19.8. The lowest BCUT2D eigenvalue weighted by molar-refractivity contribution is -0.936. The summed E-state index contributed by atoms with van der Waals surface area (Å²) in [4.78, 5) is 24.9. The fourth-order valence-electron chi connectivity index (χ4n) is 4.63. The van der Waals surface area contributed by atoms with Crippen molar-refractivity contribution in [1.82, 2.24) is 10.6 Å². The van der Waals surface area contributed by atoms with Gasteiger partial charge >= 0.3 is 11.8 Å². The molecule has 11 heteroatoms. The van der Waals surface area contributed by atoms with Crippen LogP contribution in [0.25, 0.3) is 0 Å². The van der Waals surface area contributed by atoms with Crippen LogP contribution in [0.15, 0.2) is 48.5 Å². The van der Waals surface area contributed by atoms with E-state index in [1.54, 1.807) is 0 Å². The Morgan fingerprint density at radius 3 is 1.23 bits per heavy atom. The van der Waals surface area contributed by atoms with Gasteiger partial charge in [-0.1, -0.05) is 59.6 Å². The van der Waals surface area contributed by atoms with Crippen molar-refractivity contribution in [3.05, 3.63) is 69.7 Å². The van der Waals surface area contributed by atoms with Gasteiger partial charge in [-0.15, -0.1) is 12.4 Å². The van der Waals surface area contributed by atoms with Gasteiger partial charge in [-0.25, -0.2) is 0 Å². The van der Waals surface area contributed by atoms with Gasteiger partial charge < -0.3 is 44.4 Å². The molecular formula is C28H43Cl5N4O2. The van der Waals surface area contributed by atoms with E-state index in [2.05, 4.69) is 38.3 Å².